The fraction of sp³-hybridized carbons (Fsp3) is 0.643. The number of thiophene rings is 1. The molecular formula is C14H22BrN3O3S2. The molecule has 1 aliphatic heterocycles. The third-order valence-electron chi connectivity index (χ3n) is 3.85. The van der Waals surface area contributed by atoms with Crippen molar-refractivity contribution in [3.8, 4) is 0 Å². The normalized spacial score (nSPS) is 17.4. The van der Waals surface area contributed by atoms with E-state index in [-0.39, 0.29) is 17.9 Å². The van der Waals surface area contributed by atoms with Gasteiger partial charge in [-0.15, -0.1) is 11.3 Å². The third-order valence-corrected chi connectivity index (χ3v) is 7.09. The standard InChI is InChI=1S/C14H22BrN3O3S2/c15-13-2-1-12(22-13)11-18-6-4-17(5-7-18)8-10-23(20,21)9-3-14(16)19/h1-2H,3-11H2,(H2,16,19). The number of nitrogens with two attached hydrogens (primary N) is 1. The molecule has 1 aromatic heterocycles. The summed E-state index contributed by atoms with van der Waals surface area (Å²) in [4.78, 5) is 16.6. The quantitative estimate of drug-likeness (QED) is 0.671. The molecule has 0 spiro atoms. The first-order valence-electron chi connectivity index (χ1n) is 7.52. The zero-order chi connectivity index (χ0) is 16.9. The van der Waals surface area contributed by atoms with E-state index in [9.17, 15) is 13.2 Å². The molecule has 2 heterocycles. The molecule has 0 aromatic carbocycles. The van der Waals surface area contributed by atoms with Crippen molar-refractivity contribution in [2.75, 3.05) is 44.2 Å². The summed E-state index contributed by atoms with van der Waals surface area (Å²) >= 11 is 5.22. The van der Waals surface area contributed by atoms with E-state index in [2.05, 4.69) is 37.9 Å². The fourth-order valence-electron chi connectivity index (χ4n) is 2.45. The minimum absolute atomic E-state index is 0.0908. The van der Waals surface area contributed by atoms with Gasteiger partial charge in [0.2, 0.25) is 5.91 Å². The van der Waals surface area contributed by atoms with Gasteiger partial charge in [-0.05, 0) is 28.1 Å². The summed E-state index contributed by atoms with van der Waals surface area (Å²) in [5.74, 6) is -0.615. The second kappa shape index (κ2) is 8.57. The number of nitrogens with zero attached hydrogens (tertiary/aromatic N) is 2. The van der Waals surface area contributed by atoms with Gasteiger partial charge in [0.25, 0.3) is 0 Å². The molecule has 2 rings (SSSR count). The Morgan fingerprint density at radius 1 is 1.17 bits per heavy atom. The second-order valence-electron chi connectivity index (χ2n) is 5.69. The monoisotopic (exact) mass is 423 g/mol. The maximum Gasteiger partial charge on any atom is 0.218 e. The van der Waals surface area contributed by atoms with Crippen LogP contribution in [0.5, 0.6) is 0 Å². The highest BCUT2D eigenvalue weighted by atomic mass is 79.9. The minimum Gasteiger partial charge on any atom is -0.370 e. The average Bonchev–Trinajstić information content (AvgIpc) is 2.90. The van der Waals surface area contributed by atoms with Gasteiger partial charge in [-0.1, -0.05) is 0 Å². The van der Waals surface area contributed by atoms with Gasteiger partial charge in [-0.2, -0.15) is 0 Å². The van der Waals surface area contributed by atoms with E-state index in [1.165, 1.54) is 4.88 Å². The van der Waals surface area contributed by atoms with Crippen LogP contribution in [0.3, 0.4) is 0 Å². The summed E-state index contributed by atoms with van der Waals surface area (Å²) in [6.07, 6.45) is -0.0908. The van der Waals surface area contributed by atoms with Crippen LogP contribution < -0.4 is 5.73 Å². The van der Waals surface area contributed by atoms with Crippen molar-refractivity contribution in [3.05, 3.63) is 20.8 Å². The Morgan fingerprint density at radius 3 is 2.39 bits per heavy atom. The second-order valence-corrected chi connectivity index (χ2v) is 10.5. The lowest BCUT2D eigenvalue weighted by Gasteiger charge is -2.34. The highest BCUT2D eigenvalue weighted by Gasteiger charge is 2.20. The smallest absolute Gasteiger partial charge is 0.218 e. The molecule has 1 fully saturated rings. The Labute approximate surface area is 149 Å². The molecule has 0 bridgehead atoms. The molecule has 0 atom stereocenters. The predicted molar refractivity (Wildman–Crippen MR) is 96.2 cm³/mol. The zero-order valence-electron chi connectivity index (χ0n) is 12.9. The molecule has 9 heteroatoms. The number of hydrogen-bond acceptors (Lipinski definition) is 6. The summed E-state index contributed by atoms with van der Waals surface area (Å²) in [6, 6.07) is 4.19. The molecule has 6 nitrogen and oxygen atoms in total. The molecule has 130 valence electrons. The van der Waals surface area contributed by atoms with Crippen LogP contribution in [-0.2, 0) is 21.2 Å². The van der Waals surface area contributed by atoms with E-state index in [1.54, 1.807) is 11.3 Å². The first-order valence-corrected chi connectivity index (χ1v) is 10.9. The highest BCUT2D eigenvalue weighted by molar-refractivity contribution is 9.11. The number of rotatable bonds is 8. The number of hydrogen-bond donors (Lipinski definition) is 1. The lowest BCUT2D eigenvalue weighted by atomic mass is 10.3. The Hall–Kier alpha value is -0.480. The first-order chi connectivity index (χ1) is 10.8. The minimum atomic E-state index is -3.19. The highest BCUT2D eigenvalue weighted by Crippen LogP contribution is 2.23. The number of sulfone groups is 1. The molecule has 1 amide bonds. The van der Waals surface area contributed by atoms with Crippen LogP contribution in [0.25, 0.3) is 0 Å². The molecule has 0 unspecified atom stereocenters. The van der Waals surface area contributed by atoms with Gasteiger partial charge in [-0.25, -0.2) is 8.42 Å². The van der Waals surface area contributed by atoms with Crippen LogP contribution in [0.1, 0.15) is 11.3 Å². The maximum absolute atomic E-state index is 11.8. The number of carbonyl (C=O) groups excluding carboxylic acids is 1. The average molecular weight is 424 g/mol. The number of carbonyl (C=O) groups is 1. The number of amides is 1. The van der Waals surface area contributed by atoms with E-state index >= 15 is 0 Å². The van der Waals surface area contributed by atoms with Gasteiger partial charge in [0.1, 0.15) is 0 Å². The summed E-state index contributed by atoms with van der Waals surface area (Å²) in [5.41, 5.74) is 5.00. The van der Waals surface area contributed by atoms with Crippen molar-refractivity contribution in [1.82, 2.24) is 9.80 Å². The number of primary amides is 1. The van der Waals surface area contributed by atoms with E-state index < -0.39 is 15.7 Å². The van der Waals surface area contributed by atoms with Crippen molar-refractivity contribution in [2.45, 2.75) is 13.0 Å². The van der Waals surface area contributed by atoms with E-state index in [1.807, 2.05) is 0 Å². The van der Waals surface area contributed by atoms with Gasteiger partial charge in [0, 0.05) is 50.6 Å². The molecule has 0 saturated carbocycles. The molecule has 1 aromatic rings. The van der Waals surface area contributed by atoms with Gasteiger partial charge in [-0.3, -0.25) is 14.6 Å². The van der Waals surface area contributed by atoms with Crippen molar-refractivity contribution >= 4 is 43.0 Å². The Kier molecular flexibility index (Phi) is 7.02. The van der Waals surface area contributed by atoms with Crippen LogP contribution in [-0.4, -0.2) is 68.4 Å². The lowest BCUT2D eigenvalue weighted by Crippen LogP contribution is -2.47. The Bertz CT molecular complexity index is 625. The Balaban J connectivity index is 1.69. The van der Waals surface area contributed by atoms with Crippen LogP contribution >= 0.6 is 27.3 Å². The molecule has 0 radical (unpaired) electrons. The fourth-order valence-corrected chi connectivity index (χ4v) is 5.23. The van der Waals surface area contributed by atoms with E-state index in [0.717, 1.165) is 36.5 Å². The molecule has 1 aliphatic rings. The van der Waals surface area contributed by atoms with Crippen LogP contribution in [0, 0.1) is 0 Å². The van der Waals surface area contributed by atoms with Crippen LogP contribution in [0.2, 0.25) is 0 Å². The summed E-state index contributed by atoms with van der Waals surface area (Å²) in [7, 11) is -3.19. The lowest BCUT2D eigenvalue weighted by molar-refractivity contribution is -0.117. The predicted octanol–water partition coefficient (Wildman–Crippen LogP) is 0.918. The molecule has 23 heavy (non-hydrogen) atoms. The Morgan fingerprint density at radius 2 is 1.83 bits per heavy atom. The number of piperazine rings is 1. The van der Waals surface area contributed by atoms with Crippen molar-refractivity contribution in [2.24, 2.45) is 5.73 Å². The number of halogens is 1. The largest absolute Gasteiger partial charge is 0.370 e. The zero-order valence-corrected chi connectivity index (χ0v) is 16.1. The molecule has 2 N–H and O–H groups in total. The van der Waals surface area contributed by atoms with Gasteiger partial charge < -0.3 is 5.73 Å². The first kappa shape index (κ1) is 18.9. The van der Waals surface area contributed by atoms with Gasteiger partial charge in [0.15, 0.2) is 9.84 Å². The molecule has 0 aliphatic carbocycles. The van der Waals surface area contributed by atoms with Crippen molar-refractivity contribution in [1.29, 1.82) is 0 Å². The van der Waals surface area contributed by atoms with Gasteiger partial charge in [0.05, 0.1) is 15.3 Å². The van der Waals surface area contributed by atoms with Gasteiger partial charge >= 0.3 is 0 Å². The molecular weight excluding hydrogens is 402 g/mol. The molecule has 1 saturated heterocycles. The van der Waals surface area contributed by atoms with Crippen molar-refractivity contribution in [3.63, 3.8) is 0 Å². The van der Waals surface area contributed by atoms with E-state index in [0.29, 0.717) is 6.54 Å². The summed E-state index contributed by atoms with van der Waals surface area (Å²) < 4.78 is 24.8. The maximum atomic E-state index is 11.8. The summed E-state index contributed by atoms with van der Waals surface area (Å²) in [5, 5.41) is 0. The SMILES string of the molecule is NC(=O)CCS(=O)(=O)CCN1CCN(Cc2ccc(Br)s2)CC1. The summed E-state index contributed by atoms with van der Waals surface area (Å²) in [6.45, 7) is 5.10. The van der Waals surface area contributed by atoms with Crippen LogP contribution in [0.15, 0.2) is 15.9 Å². The van der Waals surface area contributed by atoms with Crippen LogP contribution in [0.4, 0.5) is 0 Å². The van der Waals surface area contributed by atoms with Crippen molar-refractivity contribution < 1.29 is 13.2 Å². The van der Waals surface area contributed by atoms with E-state index in [4.69, 9.17) is 5.73 Å². The third kappa shape index (κ3) is 6.88. The topological polar surface area (TPSA) is 83.7 Å².